The molecule has 2 N–H and O–H groups in total. The highest BCUT2D eigenvalue weighted by molar-refractivity contribution is 8.13. The molecule has 0 fully saturated rings. The summed E-state index contributed by atoms with van der Waals surface area (Å²) in [5.74, 6) is 1.79. The summed E-state index contributed by atoms with van der Waals surface area (Å²) in [5.41, 5.74) is 6.22. The zero-order valence-corrected chi connectivity index (χ0v) is 20.8. The molecular weight excluding hydrogens is 444 g/mol. The number of rotatable bonds is 11. The highest BCUT2D eigenvalue weighted by Crippen LogP contribution is 2.31. The van der Waals surface area contributed by atoms with Crippen LogP contribution in [0.2, 0.25) is 0 Å². The van der Waals surface area contributed by atoms with Gasteiger partial charge in [0, 0.05) is 36.5 Å². The van der Waals surface area contributed by atoms with Gasteiger partial charge in [0.1, 0.15) is 5.82 Å². The summed E-state index contributed by atoms with van der Waals surface area (Å²) in [5, 5.41) is 7.64. The van der Waals surface area contributed by atoms with E-state index in [1.807, 2.05) is 42.6 Å². The van der Waals surface area contributed by atoms with Gasteiger partial charge in [-0.05, 0) is 26.7 Å². The molecule has 178 valence electrons. The lowest BCUT2D eigenvalue weighted by molar-refractivity contribution is -0.109. The van der Waals surface area contributed by atoms with E-state index >= 15 is 0 Å². The van der Waals surface area contributed by atoms with Crippen LogP contribution in [0.5, 0.6) is 0 Å². The minimum Gasteiger partial charge on any atom is -0.366 e. The number of hydrogen-bond acceptors (Lipinski definition) is 6. The summed E-state index contributed by atoms with van der Waals surface area (Å²) >= 11 is 1.59. The monoisotopic (exact) mass is 476 g/mol. The number of anilines is 1. The zero-order chi connectivity index (χ0) is 24.2. The van der Waals surface area contributed by atoms with Crippen molar-refractivity contribution >= 4 is 29.2 Å². The lowest BCUT2D eigenvalue weighted by Gasteiger charge is -2.28. The zero-order valence-electron chi connectivity index (χ0n) is 19.9. The van der Waals surface area contributed by atoms with Gasteiger partial charge in [0.2, 0.25) is 6.41 Å². The Kier molecular flexibility index (Phi) is 9.91. The minimum absolute atomic E-state index is 0.291. The van der Waals surface area contributed by atoms with E-state index in [2.05, 4.69) is 58.9 Å². The largest absolute Gasteiger partial charge is 0.366 e. The molecule has 0 radical (unpaired) electrons. The number of unbranched alkanes of at least 4 members (excludes halogenated alkanes) is 1. The van der Waals surface area contributed by atoms with Gasteiger partial charge in [-0.15, -0.1) is 5.10 Å². The Morgan fingerprint density at radius 3 is 2.26 bits per heavy atom. The van der Waals surface area contributed by atoms with E-state index < -0.39 is 0 Å². The van der Waals surface area contributed by atoms with Crippen LogP contribution in [-0.2, 0) is 4.79 Å². The second-order valence-electron chi connectivity index (χ2n) is 7.91. The molecular formula is C26H32N6OS. The van der Waals surface area contributed by atoms with Gasteiger partial charge >= 0.3 is 0 Å². The summed E-state index contributed by atoms with van der Waals surface area (Å²) in [6.45, 7) is 5.24. The third-order valence-electron chi connectivity index (χ3n) is 5.24. The number of thioether (sulfide) groups is 1. The normalized spacial score (nSPS) is 11.4. The first-order chi connectivity index (χ1) is 16.6. The van der Waals surface area contributed by atoms with E-state index in [9.17, 15) is 4.79 Å². The van der Waals surface area contributed by atoms with Crippen LogP contribution in [0.1, 0.15) is 26.7 Å². The van der Waals surface area contributed by atoms with Crippen LogP contribution < -0.4 is 15.6 Å². The summed E-state index contributed by atoms with van der Waals surface area (Å²) in [6, 6.07) is 20.7. The Hall–Kier alpha value is -3.39. The van der Waals surface area contributed by atoms with Crippen molar-refractivity contribution in [2.45, 2.75) is 32.7 Å². The summed E-state index contributed by atoms with van der Waals surface area (Å²) in [4.78, 5) is 22.7. The summed E-state index contributed by atoms with van der Waals surface area (Å²) in [6.07, 6.45) is 4.47. The highest BCUT2D eigenvalue weighted by atomic mass is 32.2. The molecule has 2 aromatic carbocycles. The molecule has 0 saturated heterocycles. The number of nitrogens with zero attached hydrogens (tertiary/aromatic N) is 4. The van der Waals surface area contributed by atoms with Crippen molar-refractivity contribution in [3.63, 3.8) is 0 Å². The fraction of sp³-hybridized carbons (Fsp3) is 0.308. The number of nitrogens with one attached hydrogen (secondary N) is 2. The van der Waals surface area contributed by atoms with Gasteiger partial charge < -0.3 is 10.2 Å². The van der Waals surface area contributed by atoms with Gasteiger partial charge in [-0.2, -0.15) is 0 Å². The van der Waals surface area contributed by atoms with E-state index in [4.69, 9.17) is 9.97 Å². The number of hydrogen-bond donors (Lipinski definition) is 2. The van der Waals surface area contributed by atoms with E-state index in [0.717, 1.165) is 53.5 Å². The van der Waals surface area contributed by atoms with Gasteiger partial charge in [-0.3, -0.25) is 9.78 Å². The Morgan fingerprint density at radius 1 is 1.03 bits per heavy atom. The smallest absolute Gasteiger partial charge is 0.227 e. The molecule has 1 heterocycles. The third kappa shape index (κ3) is 7.05. The molecule has 0 bridgehead atoms. The SMILES string of the molecule is CN/C(=N\NC=O)SCCCCN(c1cnc(-c2ccccc2)c(-c2ccccc2)n1)C(C)C. The van der Waals surface area contributed by atoms with Crippen molar-refractivity contribution in [1.82, 2.24) is 20.7 Å². The number of amidine groups is 1. The lowest BCUT2D eigenvalue weighted by Crippen LogP contribution is -2.33. The first kappa shape index (κ1) is 25.2. The quantitative estimate of drug-likeness (QED) is 0.136. The predicted molar refractivity (Wildman–Crippen MR) is 143 cm³/mol. The molecule has 8 heteroatoms. The van der Waals surface area contributed by atoms with E-state index in [1.54, 1.807) is 18.8 Å². The van der Waals surface area contributed by atoms with Crippen LogP contribution in [0, 0.1) is 0 Å². The second kappa shape index (κ2) is 13.3. The molecule has 7 nitrogen and oxygen atoms in total. The Balaban J connectivity index is 1.76. The van der Waals surface area contributed by atoms with Crippen molar-refractivity contribution in [1.29, 1.82) is 0 Å². The average Bonchev–Trinajstić information content (AvgIpc) is 2.88. The van der Waals surface area contributed by atoms with Crippen molar-refractivity contribution < 1.29 is 4.79 Å². The fourth-order valence-electron chi connectivity index (χ4n) is 3.56. The molecule has 0 aliphatic rings. The van der Waals surface area contributed by atoms with Gasteiger partial charge in [-0.25, -0.2) is 10.4 Å². The molecule has 0 saturated carbocycles. The van der Waals surface area contributed by atoms with Gasteiger partial charge in [0.05, 0.1) is 17.6 Å². The molecule has 1 amide bonds. The van der Waals surface area contributed by atoms with Crippen molar-refractivity contribution in [3.8, 4) is 22.5 Å². The Morgan fingerprint density at radius 2 is 1.68 bits per heavy atom. The van der Waals surface area contributed by atoms with Gasteiger partial charge in [0.25, 0.3) is 0 Å². The maximum absolute atomic E-state index is 10.4. The van der Waals surface area contributed by atoms with E-state index in [1.165, 1.54) is 0 Å². The first-order valence-electron chi connectivity index (χ1n) is 11.5. The number of benzene rings is 2. The van der Waals surface area contributed by atoms with Crippen LogP contribution in [0.25, 0.3) is 22.5 Å². The van der Waals surface area contributed by atoms with Crippen LogP contribution in [-0.4, -0.2) is 46.9 Å². The minimum atomic E-state index is 0.291. The Labute approximate surface area is 206 Å². The highest BCUT2D eigenvalue weighted by Gasteiger charge is 2.17. The third-order valence-corrected chi connectivity index (χ3v) is 6.30. The van der Waals surface area contributed by atoms with Gasteiger partial charge in [0.15, 0.2) is 5.17 Å². The molecule has 0 spiro atoms. The summed E-state index contributed by atoms with van der Waals surface area (Å²) in [7, 11) is 1.79. The van der Waals surface area contributed by atoms with Crippen molar-refractivity contribution in [3.05, 3.63) is 66.9 Å². The lowest BCUT2D eigenvalue weighted by atomic mass is 10.0. The molecule has 0 atom stereocenters. The van der Waals surface area contributed by atoms with Crippen LogP contribution in [0.3, 0.4) is 0 Å². The standard InChI is InChI=1S/C26H32N6OS/c1-20(2)32(16-10-11-17-34-26(27-3)31-29-19-33)23-18-28-24(21-12-6-4-7-13-21)25(30-23)22-14-8-5-9-15-22/h4-9,12-15,18-20H,10-11,16-17H2,1-3H3,(H,27,31)(H,29,33). The van der Waals surface area contributed by atoms with Gasteiger partial charge in [-0.1, -0.05) is 72.4 Å². The van der Waals surface area contributed by atoms with Crippen molar-refractivity contribution in [2.24, 2.45) is 5.10 Å². The molecule has 1 aromatic heterocycles. The number of carbonyl (C=O) groups excluding carboxylic acids is 1. The molecule has 3 aromatic rings. The Bertz CT molecular complexity index is 1060. The van der Waals surface area contributed by atoms with E-state index in [0.29, 0.717) is 17.6 Å². The van der Waals surface area contributed by atoms with E-state index in [-0.39, 0.29) is 0 Å². The number of aromatic nitrogens is 2. The van der Waals surface area contributed by atoms with Crippen molar-refractivity contribution in [2.75, 3.05) is 24.2 Å². The molecule has 0 unspecified atom stereocenters. The maximum atomic E-state index is 10.4. The topological polar surface area (TPSA) is 82.5 Å². The van der Waals surface area contributed by atoms with Crippen LogP contribution in [0.4, 0.5) is 5.82 Å². The number of amides is 1. The number of hydrazone groups is 1. The maximum Gasteiger partial charge on any atom is 0.227 e. The first-order valence-corrected chi connectivity index (χ1v) is 12.4. The summed E-state index contributed by atoms with van der Waals surface area (Å²) < 4.78 is 0. The number of carbonyl (C=O) groups is 1. The molecule has 34 heavy (non-hydrogen) atoms. The fourth-order valence-corrected chi connectivity index (χ4v) is 4.36. The molecule has 3 rings (SSSR count). The average molecular weight is 477 g/mol. The predicted octanol–water partition coefficient (Wildman–Crippen LogP) is 4.78. The molecule has 0 aliphatic carbocycles. The van der Waals surface area contributed by atoms with Crippen LogP contribution >= 0.6 is 11.8 Å². The van der Waals surface area contributed by atoms with Crippen LogP contribution in [0.15, 0.2) is 72.0 Å². The molecule has 0 aliphatic heterocycles. The second-order valence-corrected chi connectivity index (χ2v) is 9.00.